The van der Waals surface area contributed by atoms with Crippen LogP contribution >= 0.6 is 0 Å². The van der Waals surface area contributed by atoms with Gasteiger partial charge >= 0.3 is 0 Å². The Bertz CT molecular complexity index is 185. The Morgan fingerprint density at radius 2 is 2.36 bits per heavy atom. The maximum Gasteiger partial charge on any atom is 0.253 e. The molecular formula is C10H20N2O2. The fraction of sp³-hybridized carbons (Fsp3) is 0.900. The molecule has 0 bridgehead atoms. The highest BCUT2D eigenvalue weighted by Crippen LogP contribution is 2.07. The second-order valence-electron chi connectivity index (χ2n) is 3.63. The highest BCUT2D eigenvalue weighted by Gasteiger charge is 2.27. The predicted molar refractivity (Wildman–Crippen MR) is 54.9 cm³/mol. The maximum atomic E-state index is 11.7. The van der Waals surface area contributed by atoms with Crippen LogP contribution in [0.4, 0.5) is 0 Å². The van der Waals surface area contributed by atoms with E-state index in [9.17, 15) is 4.79 Å². The summed E-state index contributed by atoms with van der Waals surface area (Å²) in [6, 6.07) is 0. The van der Waals surface area contributed by atoms with Crippen LogP contribution in [0, 0.1) is 0 Å². The maximum absolute atomic E-state index is 11.7. The first-order valence-corrected chi connectivity index (χ1v) is 5.40. The molecule has 4 heteroatoms. The van der Waals surface area contributed by atoms with Crippen LogP contribution in [0.15, 0.2) is 0 Å². The van der Waals surface area contributed by atoms with E-state index in [0.29, 0.717) is 13.2 Å². The van der Waals surface area contributed by atoms with Gasteiger partial charge in [0, 0.05) is 19.6 Å². The van der Waals surface area contributed by atoms with Crippen LogP contribution < -0.4 is 5.73 Å². The molecule has 1 saturated heterocycles. The lowest BCUT2D eigenvalue weighted by atomic mass is 10.2. The van der Waals surface area contributed by atoms with Gasteiger partial charge in [0.2, 0.25) is 0 Å². The zero-order valence-corrected chi connectivity index (χ0v) is 8.87. The summed E-state index contributed by atoms with van der Waals surface area (Å²) < 4.78 is 5.26. The minimum atomic E-state index is -0.398. The summed E-state index contributed by atoms with van der Waals surface area (Å²) in [5.41, 5.74) is 5.44. The molecule has 0 saturated carbocycles. The SMILES string of the molecule is CCCCCN1CCOC(CN)C1=O. The normalized spacial score (nSPS) is 22.9. The first-order chi connectivity index (χ1) is 6.79. The lowest BCUT2D eigenvalue weighted by Gasteiger charge is -2.31. The van der Waals surface area contributed by atoms with Gasteiger partial charge in [-0.25, -0.2) is 0 Å². The van der Waals surface area contributed by atoms with Gasteiger partial charge in [0.15, 0.2) is 0 Å². The van der Waals surface area contributed by atoms with Crippen molar-refractivity contribution in [3.8, 4) is 0 Å². The van der Waals surface area contributed by atoms with Crippen LogP contribution in [0.2, 0.25) is 0 Å². The number of carbonyl (C=O) groups is 1. The fourth-order valence-corrected chi connectivity index (χ4v) is 1.63. The second kappa shape index (κ2) is 5.98. The number of morpholine rings is 1. The number of hydrogen-bond acceptors (Lipinski definition) is 3. The Kier molecular flexibility index (Phi) is 4.90. The Morgan fingerprint density at radius 1 is 1.57 bits per heavy atom. The summed E-state index contributed by atoms with van der Waals surface area (Å²) >= 11 is 0. The zero-order chi connectivity index (χ0) is 10.4. The second-order valence-corrected chi connectivity index (χ2v) is 3.63. The van der Waals surface area contributed by atoms with E-state index in [4.69, 9.17) is 10.5 Å². The number of nitrogens with zero attached hydrogens (tertiary/aromatic N) is 1. The number of rotatable bonds is 5. The minimum absolute atomic E-state index is 0.0647. The highest BCUT2D eigenvalue weighted by atomic mass is 16.5. The van der Waals surface area contributed by atoms with Crippen molar-refractivity contribution in [2.45, 2.75) is 32.3 Å². The van der Waals surface area contributed by atoms with Crippen molar-refractivity contribution < 1.29 is 9.53 Å². The monoisotopic (exact) mass is 200 g/mol. The molecule has 1 amide bonds. The number of ether oxygens (including phenoxy) is 1. The van der Waals surface area contributed by atoms with Crippen LogP contribution in [0.1, 0.15) is 26.2 Å². The van der Waals surface area contributed by atoms with Crippen molar-refractivity contribution in [3.63, 3.8) is 0 Å². The van der Waals surface area contributed by atoms with Crippen LogP contribution in [0.5, 0.6) is 0 Å². The molecule has 1 atom stereocenters. The first kappa shape index (κ1) is 11.5. The summed E-state index contributed by atoms with van der Waals surface area (Å²) in [4.78, 5) is 13.5. The Balaban J connectivity index is 2.32. The quantitative estimate of drug-likeness (QED) is 0.652. The van der Waals surface area contributed by atoms with E-state index in [-0.39, 0.29) is 5.91 Å². The van der Waals surface area contributed by atoms with Crippen molar-refractivity contribution >= 4 is 5.91 Å². The molecule has 0 spiro atoms. The molecule has 4 nitrogen and oxygen atoms in total. The van der Waals surface area contributed by atoms with Gasteiger partial charge in [0.1, 0.15) is 6.10 Å². The third-order valence-electron chi connectivity index (χ3n) is 2.51. The molecule has 1 unspecified atom stereocenters. The van der Waals surface area contributed by atoms with Gasteiger partial charge in [-0.1, -0.05) is 19.8 Å². The van der Waals surface area contributed by atoms with Gasteiger partial charge in [-0.05, 0) is 6.42 Å². The molecular weight excluding hydrogens is 180 g/mol. The third-order valence-corrected chi connectivity index (χ3v) is 2.51. The molecule has 0 aromatic carbocycles. The minimum Gasteiger partial charge on any atom is -0.365 e. The summed E-state index contributed by atoms with van der Waals surface area (Å²) in [6.45, 7) is 4.65. The largest absolute Gasteiger partial charge is 0.365 e. The van der Waals surface area contributed by atoms with E-state index >= 15 is 0 Å². The van der Waals surface area contributed by atoms with E-state index in [1.54, 1.807) is 0 Å². The molecule has 1 aliphatic heterocycles. The summed E-state index contributed by atoms with van der Waals surface area (Å²) in [7, 11) is 0. The van der Waals surface area contributed by atoms with E-state index < -0.39 is 6.10 Å². The van der Waals surface area contributed by atoms with Crippen LogP contribution in [-0.4, -0.2) is 43.2 Å². The van der Waals surface area contributed by atoms with Crippen LogP contribution in [0.3, 0.4) is 0 Å². The van der Waals surface area contributed by atoms with Gasteiger partial charge in [0.05, 0.1) is 6.61 Å². The topological polar surface area (TPSA) is 55.6 Å². The van der Waals surface area contributed by atoms with Crippen molar-refractivity contribution in [2.75, 3.05) is 26.2 Å². The molecule has 1 aliphatic rings. The molecule has 1 fully saturated rings. The van der Waals surface area contributed by atoms with E-state index in [0.717, 1.165) is 19.5 Å². The summed E-state index contributed by atoms with van der Waals surface area (Å²) in [5.74, 6) is 0.0647. The smallest absolute Gasteiger partial charge is 0.253 e. The molecule has 14 heavy (non-hydrogen) atoms. The Labute approximate surface area is 85.4 Å². The molecule has 82 valence electrons. The number of amides is 1. The van der Waals surface area contributed by atoms with Gasteiger partial charge in [-0.3, -0.25) is 4.79 Å². The fourth-order valence-electron chi connectivity index (χ4n) is 1.63. The average molecular weight is 200 g/mol. The van der Waals surface area contributed by atoms with E-state index in [2.05, 4.69) is 6.92 Å². The van der Waals surface area contributed by atoms with E-state index in [1.165, 1.54) is 12.8 Å². The number of nitrogens with two attached hydrogens (primary N) is 1. The summed E-state index contributed by atoms with van der Waals surface area (Å²) in [5, 5.41) is 0. The number of unbranched alkanes of at least 4 members (excludes halogenated alkanes) is 2. The number of hydrogen-bond donors (Lipinski definition) is 1. The third kappa shape index (κ3) is 2.96. The average Bonchev–Trinajstić information content (AvgIpc) is 2.21. The highest BCUT2D eigenvalue weighted by molar-refractivity contribution is 5.81. The van der Waals surface area contributed by atoms with Crippen molar-refractivity contribution in [3.05, 3.63) is 0 Å². The lowest BCUT2D eigenvalue weighted by molar-refractivity contribution is -0.151. The van der Waals surface area contributed by atoms with E-state index in [1.807, 2.05) is 4.90 Å². The number of carbonyl (C=O) groups excluding carboxylic acids is 1. The van der Waals surface area contributed by atoms with Gasteiger partial charge in [0.25, 0.3) is 5.91 Å². The molecule has 0 aromatic heterocycles. The van der Waals surface area contributed by atoms with Crippen molar-refractivity contribution in [1.82, 2.24) is 4.90 Å². The van der Waals surface area contributed by atoms with Crippen molar-refractivity contribution in [2.24, 2.45) is 5.73 Å². The predicted octanol–water partition coefficient (Wildman–Crippen LogP) is 0.363. The van der Waals surface area contributed by atoms with Crippen LogP contribution in [-0.2, 0) is 9.53 Å². The van der Waals surface area contributed by atoms with Gasteiger partial charge < -0.3 is 15.4 Å². The molecule has 0 aliphatic carbocycles. The van der Waals surface area contributed by atoms with Gasteiger partial charge in [-0.15, -0.1) is 0 Å². The molecule has 0 radical (unpaired) electrons. The Hall–Kier alpha value is -0.610. The van der Waals surface area contributed by atoms with Crippen LogP contribution in [0.25, 0.3) is 0 Å². The van der Waals surface area contributed by atoms with Crippen molar-refractivity contribution in [1.29, 1.82) is 0 Å². The molecule has 1 rings (SSSR count). The molecule has 1 heterocycles. The lowest BCUT2D eigenvalue weighted by Crippen LogP contribution is -2.50. The first-order valence-electron chi connectivity index (χ1n) is 5.40. The standard InChI is InChI=1S/C10H20N2O2/c1-2-3-4-5-12-6-7-14-9(8-11)10(12)13/h9H,2-8,11H2,1H3. The Morgan fingerprint density at radius 3 is 3.00 bits per heavy atom. The zero-order valence-electron chi connectivity index (χ0n) is 8.87. The summed E-state index contributed by atoms with van der Waals surface area (Å²) in [6.07, 6.45) is 3.04. The van der Waals surface area contributed by atoms with Gasteiger partial charge in [-0.2, -0.15) is 0 Å². The molecule has 0 aromatic rings. The molecule has 2 N–H and O–H groups in total.